The molecule has 1 saturated heterocycles. The SMILES string of the molecule is CCc1cccc(C)c1-n1c(C)cc([C@H]2[C@@H](c3ccccn3)NC(=S)N2CCOC)c1C. The van der Waals surface area contributed by atoms with E-state index in [1.807, 2.05) is 18.3 Å². The van der Waals surface area contributed by atoms with E-state index in [0.717, 1.165) is 23.8 Å². The lowest BCUT2D eigenvalue weighted by molar-refractivity contribution is 0.164. The molecule has 0 aliphatic carbocycles. The number of pyridine rings is 1. The van der Waals surface area contributed by atoms with E-state index in [4.69, 9.17) is 17.0 Å². The van der Waals surface area contributed by atoms with Gasteiger partial charge in [0, 0.05) is 31.2 Å². The van der Waals surface area contributed by atoms with Crippen molar-refractivity contribution in [1.82, 2.24) is 19.8 Å². The number of aryl methyl sites for hydroxylation is 3. The summed E-state index contributed by atoms with van der Waals surface area (Å²) >= 11 is 5.77. The van der Waals surface area contributed by atoms with Crippen molar-refractivity contribution in [1.29, 1.82) is 0 Å². The van der Waals surface area contributed by atoms with Crippen molar-refractivity contribution in [3.8, 4) is 5.69 Å². The topological polar surface area (TPSA) is 42.3 Å². The summed E-state index contributed by atoms with van der Waals surface area (Å²) in [6, 6.07) is 15.0. The number of nitrogens with zero attached hydrogens (tertiary/aromatic N) is 3. The van der Waals surface area contributed by atoms with Crippen LogP contribution < -0.4 is 5.32 Å². The predicted octanol–water partition coefficient (Wildman–Crippen LogP) is 4.98. The van der Waals surface area contributed by atoms with Crippen LogP contribution in [0.25, 0.3) is 5.69 Å². The van der Waals surface area contributed by atoms with Gasteiger partial charge in [-0.3, -0.25) is 4.98 Å². The van der Waals surface area contributed by atoms with Crippen LogP contribution in [-0.4, -0.2) is 39.8 Å². The van der Waals surface area contributed by atoms with Crippen molar-refractivity contribution in [2.75, 3.05) is 20.3 Å². The van der Waals surface area contributed by atoms with E-state index >= 15 is 0 Å². The highest BCUT2D eigenvalue weighted by atomic mass is 32.1. The van der Waals surface area contributed by atoms with E-state index in [1.54, 1.807) is 7.11 Å². The number of hydrogen-bond acceptors (Lipinski definition) is 3. The number of nitrogens with one attached hydrogen (secondary N) is 1. The lowest BCUT2D eigenvalue weighted by Crippen LogP contribution is -2.32. The summed E-state index contributed by atoms with van der Waals surface area (Å²) in [4.78, 5) is 6.91. The van der Waals surface area contributed by atoms with Crippen LogP contribution in [-0.2, 0) is 11.2 Å². The number of methoxy groups -OCH3 is 1. The molecule has 3 aromatic rings. The third-order valence-electron chi connectivity index (χ3n) is 6.45. The Morgan fingerprint density at radius 1 is 1.12 bits per heavy atom. The first-order valence-corrected chi connectivity index (χ1v) is 11.6. The molecule has 0 unspecified atom stereocenters. The van der Waals surface area contributed by atoms with Crippen LogP contribution in [0.3, 0.4) is 0 Å². The van der Waals surface area contributed by atoms with Gasteiger partial charge in [-0.1, -0.05) is 31.2 Å². The molecule has 1 fully saturated rings. The van der Waals surface area contributed by atoms with Gasteiger partial charge in [-0.2, -0.15) is 0 Å². The minimum Gasteiger partial charge on any atom is -0.383 e. The number of rotatable bonds is 7. The fraction of sp³-hybridized carbons (Fsp3) is 0.385. The molecule has 0 radical (unpaired) electrons. The Balaban J connectivity index is 1.86. The maximum atomic E-state index is 5.77. The molecule has 0 saturated carbocycles. The number of para-hydroxylation sites is 1. The number of ether oxygens (including phenoxy) is 1. The third-order valence-corrected chi connectivity index (χ3v) is 6.80. The predicted molar refractivity (Wildman–Crippen MR) is 133 cm³/mol. The van der Waals surface area contributed by atoms with Gasteiger partial charge in [-0.05, 0) is 74.3 Å². The number of thiocarbonyl (C=S) groups is 1. The Bertz CT molecular complexity index is 1110. The van der Waals surface area contributed by atoms with E-state index in [-0.39, 0.29) is 12.1 Å². The molecular formula is C26H32N4OS. The van der Waals surface area contributed by atoms with Gasteiger partial charge >= 0.3 is 0 Å². The first-order valence-electron chi connectivity index (χ1n) is 11.2. The van der Waals surface area contributed by atoms with E-state index in [1.165, 1.54) is 33.8 Å². The molecule has 5 nitrogen and oxygen atoms in total. The monoisotopic (exact) mass is 448 g/mol. The molecule has 1 aromatic carbocycles. The second-order valence-corrected chi connectivity index (χ2v) is 8.80. The molecule has 2 aromatic heterocycles. The van der Waals surface area contributed by atoms with Crippen LogP contribution in [0.2, 0.25) is 0 Å². The molecule has 1 aliphatic heterocycles. The van der Waals surface area contributed by atoms with Crippen molar-refractivity contribution in [3.63, 3.8) is 0 Å². The molecule has 32 heavy (non-hydrogen) atoms. The highest BCUT2D eigenvalue weighted by Gasteiger charge is 2.41. The molecule has 0 spiro atoms. The summed E-state index contributed by atoms with van der Waals surface area (Å²) in [5, 5.41) is 4.29. The Morgan fingerprint density at radius 3 is 2.62 bits per heavy atom. The normalized spacial score (nSPS) is 18.3. The van der Waals surface area contributed by atoms with Crippen LogP contribution in [0.5, 0.6) is 0 Å². The summed E-state index contributed by atoms with van der Waals surface area (Å²) in [5.74, 6) is 0. The molecule has 4 rings (SSSR count). The summed E-state index contributed by atoms with van der Waals surface area (Å²) < 4.78 is 7.81. The lowest BCUT2D eigenvalue weighted by atomic mass is 9.96. The Kier molecular flexibility index (Phi) is 6.63. The highest BCUT2D eigenvalue weighted by Crippen LogP contribution is 2.41. The zero-order chi connectivity index (χ0) is 22.8. The van der Waals surface area contributed by atoms with Crippen molar-refractivity contribution in [3.05, 3.63) is 82.4 Å². The van der Waals surface area contributed by atoms with Gasteiger partial charge in [0.1, 0.15) is 0 Å². The van der Waals surface area contributed by atoms with Gasteiger partial charge in [-0.15, -0.1) is 0 Å². The van der Waals surface area contributed by atoms with Gasteiger partial charge in [0.2, 0.25) is 0 Å². The average molecular weight is 449 g/mol. The molecule has 0 amide bonds. The molecule has 6 heteroatoms. The number of hydrogen-bond donors (Lipinski definition) is 1. The number of benzene rings is 1. The van der Waals surface area contributed by atoms with Gasteiger partial charge in [0.05, 0.1) is 30.1 Å². The maximum absolute atomic E-state index is 5.77. The van der Waals surface area contributed by atoms with Crippen LogP contribution in [0.1, 0.15) is 52.8 Å². The minimum atomic E-state index is -0.0166. The third kappa shape index (κ3) is 3.93. The van der Waals surface area contributed by atoms with Crippen molar-refractivity contribution >= 4 is 17.3 Å². The Labute approximate surface area is 196 Å². The van der Waals surface area contributed by atoms with Gasteiger partial charge in [0.25, 0.3) is 0 Å². The molecule has 0 bridgehead atoms. The lowest BCUT2D eigenvalue weighted by Gasteiger charge is -2.28. The molecule has 3 heterocycles. The summed E-state index contributed by atoms with van der Waals surface area (Å²) in [6.07, 6.45) is 2.84. The molecular weight excluding hydrogens is 416 g/mol. The van der Waals surface area contributed by atoms with Crippen molar-refractivity contribution in [2.24, 2.45) is 0 Å². The van der Waals surface area contributed by atoms with Crippen LogP contribution >= 0.6 is 12.2 Å². The average Bonchev–Trinajstić information content (AvgIpc) is 3.27. The second-order valence-electron chi connectivity index (χ2n) is 8.41. The largest absolute Gasteiger partial charge is 0.383 e. The van der Waals surface area contributed by atoms with Crippen molar-refractivity contribution < 1.29 is 4.74 Å². The molecule has 2 atom stereocenters. The smallest absolute Gasteiger partial charge is 0.170 e. The first-order chi connectivity index (χ1) is 15.5. The minimum absolute atomic E-state index is 0.0166. The summed E-state index contributed by atoms with van der Waals surface area (Å²) in [6.45, 7) is 10.2. The molecule has 168 valence electrons. The zero-order valence-electron chi connectivity index (χ0n) is 19.6. The summed E-state index contributed by atoms with van der Waals surface area (Å²) in [5.41, 5.74) is 8.67. The second kappa shape index (κ2) is 9.43. The maximum Gasteiger partial charge on any atom is 0.170 e. The highest BCUT2D eigenvalue weighted by molar-refractivity contribution is 7.80. The zero-order valence-corrected chi connectivity index (χ0v) is 20.4. The fourth-order valence-corrected chi connectivity index (χ4v) is 5.26. The van der Waals surface area contributed by atoms with Gasteiger partial charge in [0.15, 0.2) is 5.11 Å². The number of aromatic nitrogens is 2. The fourth-order valence-electron chi connectivity index (χ4n) is 4.93. The van der Waals surface area contributed by atoms with E-state index in [9.17, 15) is 0 Å². The standard InChI is InChI=1S/C26H32N4OS/c1-6-20-11-9-10-17(2)24(20)30-18(3)16-21(19(30)4)25-23(22-12-7-8-13-27-22)28-26(32)29(25)14-15-31-5/h7-13,16,23,25H,6,14-15H2,1-5H3,(H,28,32)/t23-,25+/m1/s1. The van der Waals surface area contributed by atoms with E-state index < -0.39 is 0 Å². The molecule has 1 aliphatic rings. The van der Waals surface area contributed by atoms with E-state index in [0.29, 0.717) is 6.61 Å². The van der Waals surface area contributed by atoms with Gasteiger partial charge in [-0.25, -0.2) is 0 Å². The Morgan fingerprint density at radius 2 is 1.94 bits per heavy atom. The van der Waals surface area contributed by atoms with Crippen molar-refractivity contribution in [2.45, 2.75) is 46.2 Å². The van der Waals surface area contributed by atoms with Crippen LogP contribution in [0, 0.1) is 20.8 Å². The molecule has 1 N–H and O–H groups in total. The summed E-state index contributed by atoms with van der Waals surface area (Å²) in [7, 11) is 1.73. The van der Waals surface area contributed by atoms with Crippen LogP contribution in [0.4, 0.5) is 0 Å². The van der Waals surface area contributed by atoms with E-state index in [2.05, 4.69) is 77.8 Å². The first kappa shape index (κ1) is 22.5. The van der Waals surface area contributed by atoms with Crippen LogP contribution in [0.15, 0.2) is 48.7 Å². The van der Waals surface area contributed by atoms with Gasteiger partial charge < -0.3 is 19.5 Å². The quantitative estimate of drug-likeness (QED) is 0.517. The Hall–Kier alpha value is -2.70.